The first-order valence-electron chi connectivity index (χ1n) is 8.24. The van der Waals surface area contributed by atoms with Gasteiger partial charge in [0.2, 0.25) is 0 Å². The third-order valence-electron chi connectivity index (χ3n) is 4.14. The van der Waals surface area contributed by atoms with Crippen LogP contribution in [-0.4, -0.2) is 32.4 Å². The maximum Gasteiger partial charge on any atom is 0.119 e. The van der Waals surface area contributed by atoms with Gasteiger partial charge in [-0.25, -0.2) is 0 Å². The van der Waals surface area contributed by atoms with E-state index in [9.17, 15) is 0 Å². The quantitative estimate of drug-likeness (QED) is 0.794. The van der Waals surface area contributed by atoms with Crippen LogP contribution in [0.15, 0.2) is 24.3 Å². The average molecular weight is 291 g/mol. The molecule has 0 spiro atoms. The van der Waals surface area contributed by atoms with E-state index in [0.717, 1.165) is 45.0 Å². The highest BCUT2D eigenvalue weighted by atomic mass is 16.5. The third-order valence-corrected chi connectivity index (χ3v) is 4.14. The zero-order valence-corrected chi connectivity index (χ0v) is 13.6. The summed E-state index contributed by atoms with van der Waals surface area (Å²) in [5.41, 5.74) is 1.33. The predicted octanol–water partition coefficient (Wildman–Crippen LogP) is 3.59. The predicted molar refractivity (Wildman–Crippen MR) is 87.0 cm³/mol. The Balaban J connectivity index is 1.92. The highest BCUT2D eigenvalue weighted by molar-refractivity contribution is 5.30. The first-order chi connectivity index (χ1) is 10.2. The van der Waals surface area contributed by atoms with E-state index in [-0.39, 0.29) is 0 Å². The maximum absolute atomic E-state index is 6.05. The summed E-state index contributed by atoms with van der Waals surface area (Å²) in [6.07, 6.45) is 2.28. The van der Waals surface area contributed by atoms with Crippen LogP contribution in [0.3, 0.4) is 0 Å². The topological polar surface area (TPSA) is 30.5 Å². The Morgan fingerprint density at radius 2 is 2.24 bits per heavy atom. The van der Waals surface area contributed by atoms with Crippen molar-refractivity contribution >= 4 is 0 Å². The van der Waals surface area contributed by atoms with Crippen LogP contribution in [0.2, 0.25) is 0 Å². The summed E-state index contributed by atoms with van der Waals surface area (Å²) < 4.78 is 11.6. The third kappa shape index (κ3) is 5.01. The zero-order valence-electron chi connectivity index (χ0n) is 13.6. The van der Waals surface area contributed by atoms with Gasteiger partial charge in [-0.05, 0) is 43.0 Å². The average Bonchev–Trinajstić information content (AvgIpc) is 3.02. The molecule has 0 bridgehead atoms. The molecule has 3 heteroatoms. The van der Waals surface area contributed by atoms with Gasteiger partial charge in [0.25, 0.3) is 0 Å². The fourth-order valence-electron chi connectivity index (χ4n) is 2.71. The smallest absolute Gasteiger partial charge is 0.119 e. The molecular weight excluding hydrogens is 262 g/mol. The molecule has 1 saturated heterocycles. The van der Waals surface area contributed by atoms with Gasteiger partial charge in [-0.2, -0.15) is 0 Å². The van der Waals surface area contributed by atoms with E-state index in [4.69, 9.17) is 9.47 Å². The molecule has 2 atom stereocenters. The molecule has 2 rings (SSSR count). The van der Waals surface area contributed by atoms with E-state index in [1.165, 1.54) is 5.56 Å². The van der Waals surface area contributed by atoms with Gasteiger partial charge in [-0.1, -0.05) is 32.9 Å². The molecule has 1 aliphatic heterocycles. The van der Waals surface area contributed by atoms with Gasteiger partial charge >= 0.3 is 0 Å². The SMILES string of the molecule is CCCNC(COc1cccc(C(C)C)c1)C1CCOC1. The lowest BCUT2D eigenvalue weighted by Gasteiger charge is -2.24. The first-order valence-corrected chi connectivity index (χ1v) is 8.24. The van der Waals surface area contributed by atoms with Gasteiger partial charge in [0.15, 0.2) is 0 Å². The Morgan fingerprint density at radius 1 is 1.38 bits per heavy atom. The van der Waals surface area contributed by atoms with E-state index in [0.29, 0.717) is 17.9 Å². The van der Waals surface area contributed by atoms with Crippen molar-refractivity contribution in [1.82, 2.24) is 5.32 Å². The van der Waals surface area contributed by atoms with Crippen LogP contribution in [0.1, 0.15) is 45.1 Å². The van der Waals surface area contributed by atoms with Gasteiger partial charge in [-0.15, -0.1) is 0 Å². The van der Waals surface area contributed by atoms with Crippen LogP contribution in [0, 0.1) is 5.92 Å². The molecule has 0 saturated carbocycles. The highest BCUT2D eigenvalue weighted by Crippen LogP contribution is 2.22. The molecule has 118 valence electrons. The molecule has 3 nitrogen and oxygen atoms in total. The lowest BCUT2D eigenvalue weighted by atomic mass is 9.99. The van der Waals surface area contributed by atoms with Crippen LogP contribution in [0.25, 0.3) is 0 Å². The second-order valence-electron chi connectivity index (χ2n) is 6.22. The van der Waals surface area contributed by atoms with Crippen molar-refractivity contribution in [3.05, 3.63) is 29.8 Å². The normalized spacial score (nSPS) is 19.9. The van der Waals surface area contributed by atoms with Gasteiger partial charge in [0.1, 0.15) is 12.4 Å². The number of hydrogen-bond acceptors (Lipinski definition) is 3. The monoisotopic (exact) mass is 291 g/mol. The van der Waals surface area contributed by atoms with Crippen molar-refractivity contribution in [3.63, 3.8) is 0 Å². The molecule has 1 fully saturated rings. The molecular formula is C18H29NO2. The molecule has 0 aromatic heterocycles. The van der Waals surface area contributed by atoms with E-state index in [1.54, 1.807) is 0 Å². The number of benzene rings is 1. The van der Waals surface area contributed by atoms with Crippen molar-refractivity contribution in [1.29, 1.82) is 0 Å². The lowest BCUT2D eigenvalue weighted by molar-refractivity contribution is 0.160. The summed E-state index contributed by atoms with van der Waals surface area (Å²) in [6, 6.07) is 8.84. The molecule has 0 radical (unpaired) electrons. The zero-order chi connectivity index (χ0) is 15.1. The second kappa shape index (κ2) is 8.40. The Bertz CT molecular complexity index is 413. The minimum Gasteiger partial charge on any atom is -0.492 e. The molecule has 1 aliphatic rings. The number of ether oxygens (including phenoxy) is 2. The summed E-state index contributed by atoms with van der Waals surface area (Å²) in [7, 11) is 0. The molecule has 1 aromatic rings. The molecule has 0 amide bonds. The second-order valence-corrected chi connectivity index (χ2v) is 6.22. The van der Waals surface area contributed by atoms with E-state index in [1.807, 2.05) is 6.07 Å². The molecule has 21 heavy (non-hydrogen) atoms. The van der Waals surface area contributed by atoms with Crippen LogP contribution in [0.5, 0.6) is 5.75 Å². The highest BCUT2D eigenvalue weighted by Gasteiger charge is 2.25. The van der Waals surface area contributed by atoms with Crippen LogP contribution >= 0.6 is 0 Å². The number of nitrogens with one attached hydrogen (secondary N) is 1. The van der Waals surface area contributed by atoms with Crippen LogP contribution in [0.4, 0.5) is 0 Å². The van der Waals surface area contributed by atoms with Crippen molar-refractivity contribution in [2.24, 2.45) is 5.92 Å². The Morgan fingerprint density at radius 3 is 2.90 bits per heavy atom. The van der Waals surface area contributed by atoms with E-state index in [2.05, 4.69) is 44.3 Å². The Labute approximate surface area is 129 Å². The summed E-state index contributed by atoms with van der Waals surface area (Å²) >= 11 is 0. The summed E-state index contributed by atoms with van der Waals surface area (Å²) in [5.74, 6) is 2.08. The van der Waals surface area contributed by atoms with Gasteiger partial charge in [0.05, 0.1) is 6.61 Å². The van der Waals surface area contributed by atoms with Crippen molar-refractivity contribution in [2.75, 3.05) is 26.4 Å². The number of hydrogen-bond donors (Lipinski definition) is 1. The van der Waals surface area contributed by atoms with Crippen LogP contribution < -0.4 is 10.1 Å². The maximum atomic E-state index is 6.05. The molecule has 1 N–H and O–H groups in total. The van der Waals surface area contributed by atoms with E-state index >= 15 is 0 Å². The van der Waals surface area contributed by atoms with Gasteiger partial charge in [-0.3, -0.25) is 0 Å². The summed E-state index contributed by atoms with van der Waals surface area (Å²) in [4.78, 5) is 0. The van der Waals surface area contributed by atoms with Gasteiger partial charge < -0.3 is 14.8 Å². The molecule has 0 aliphatic carbocycles. The summed E-state index contributed by atoms with van der Waals surface area (Å²) in [5, 5.41) is 3.61. The van der Waals surface area contributed by atoms with Crippen molar-refractivity contribution in [3.8, 4) is 5.75 Å². The lowest BCUT2D eigenvalue weighted by Crippen LogP contribution is -2.41. The fraction of sp³-hybridized carbons (Fsp3) is 0.667. The standard InChI is InChI=1S/C18H29NO2/c1-4-9-19-18(16-8-10-20-12-16)13-21-17-7-5-6-15(11-17)14(2)3/h5-7,11,14,16,18-19H,4,8-10,12-13H2,1-3H3. The summed E-state index contributed by atoms with van der Waals surface area (Å²) in [6.45, 7) is 10.1. The fourth-order valence-corrected chi connectivity index (χ4v) is 2.71. The van der Waals surface area contributed by atoms with Crippen molar-refractivity contribution in [2.45, 2.75) is 45.6 Å². The Kier molecular flexibility index (Phi) is 6.52. The van der Waals surface area contributed by atoms with Crippen molar-refractivity contribution < 1.29 is 9.47 Å². The minimum atomic E-state index is 0.384. The first kappa shape index (κ1) is 16.3. The minimum absolute atomic E-state index is 0.384. The van der Waals surface area contributed by atoms with Crippen LogP contribution in [-0.2, 0) is 4.74 Å². The molecule has 2 unspecified atom stereocenters. The Hall–Kier alpha value is -1.06. The number of rotatable bonds is 8. The molecule has 1 aromatic carbocycles. The van der Waals surface area contributed by atoms with E-state index < -0.39 is 0 Å². The largest absolute Gasteiger partial charge is 0.492 e. The van der Waals surface area contributed by atoms with Gasteiger partial charge in [0, 0.05) is 18.6 Å². The molecule has 1 heterocycles.